The third-order valence-electron chi connectivity index (χ3n) is 2.50. The first-order valence-electron chi connectivity index (χ1n) is 5.33. The molecule has 0 saturated carbocycles. The van der Waals surface area contributed by atoms with Crippen molar-refractivity contribution in [3.05, 3.63) is 0 Å². The number of nitrogens with zero attached hydrogens (tertiary/aromatic N) is 1. The number of carboxylic acid groups (broad SMARTS) is 1. The van der Waals surface area contributed by atoms with Gasteiger partial charge in [-0.05, 0) is 34.2 Å². The van der Waals surface area contributed by atoms with E-state index >= 15 is 0 Å². The number of carboxylic acids is 1. The molecular formula is C11H21NO3. The van der Waals surface area contributed by atoms with Gasteiger partial charge in [0.05, 0.1) is 17.6 Å². The van der Waals surface area contributed by atoms with Crippen LogP contribution in [0.4, 0.5) is 0 Å². The van der Waals surface area contributed by atoms with Crippen molar-refractivity contribution >= 4 is 5.97 Å². The Morgan fingerprint density at radius 2 is 2.13 bits per heavy atom. The van der Waals surface area contributed by atoms with Gasteiger partial charge >= 0.3 is 5.97 Å². The van der Waals surface area contributed by atoms with E-state index < -0.39 is 11.6 Å². The summed E-state index contributed by atoms with van der Waals surface area (Å²) in [4.78, 5) is 13.0. The molecule has 1 heterocycles. The number of ether oxygens (including phenoxy) is 1. The Morgan fingerprint density at radius 3 is 2.47 bits per heavy atom. The highest BCUT2D eigenvalue weighted by Gasteiger charge is 2.42. The molecule has 88 valence electrons. The van der Waals surface area contributed by atoms with Gasteiger partial charge in [0.25, 0.3) is 0 Å². The predicted octanol–water partition coefficient (Wildman–Crippen LogP) is 1.35. The standard InChI is InChI=1S/C11H21NO3/c1-10(2,3)15-11(7-9(13)14)5-6-12(4)8-11/h5-8H2,1-4H3,(H,13,14). The molecule has 15 heavy (non-hydrogen) atoms. The Kier molecular flexibility index (Phi) is 3.41. The SMILES string of the molecule is CN1CCC(CC(=O)O)(OC(C)(C)C)C1. The molecule has 0 bridgehead atoms. The van der Waals surface area contributed by atoms with E-state index in [0.717, 1.165) is 13.0 Å². The first kappa shape index (κ1) is 12.5. The molecular weight excluding hydrogens is 194 g/mol. The van der Waals surface area contributed by atoms with Gasteiger partial charge in [-0.1, -0.05) is 0 Å². The summed E-state index contributed by atoms with van der Waals surface area (Å²) in [7, 11) is 2.00. The van der Waals surface area contributed by atoms with Gasteiger partial charge in [-0.15, -0.1) is 0 Å². The maximum Gasteiger partial charge on any atom is 0.306 e. The van der Waals surface area contributed by atoms with Crippen molar-refractivity contribution in [2.45, 2.75) is 44.8 Å². The Morgan fingerprint density at radius 1 is 1.53 bits per heavy atom. The van der Waals surface area contributed by atoms with Gasteiger partial charge in [0.15, 0.2) is 0 Å². The van der Waals surface area contributed by atoms with Crippen molar-refractivity contribution in [1.82, 2.24) is 4.90 Å². The van der Waals surface area contributed by atoms with Gasteiger partial charge in [-0.2, -0.15) is 0 Å². The molecule has 0 radical (unpaired) electrons. The summed E-state index contributed by atoms with van der Waals surface area (Å²) in [6.45, 7) is 7.51. The quantitative estimate of drug-likeness (QED) is 0.772. The lowest BCUT2D eigenvalue weighted by Crippen LogP contribution is -2.43. The number of likely N-dealkylation sites (N-methyl/N-ethyl adjacent to an activating group) is 1. The van der Waals surface area contributed by atoms with Crippen molar-refractivity contribution in [2.24, 2.45) is 0 Å². The molecule has 1 saturated heterocycles. The fourth-order valence-electron chi connectivity index (χ4n) is 2.23. The minimum absolute atomic E-state index is 0.0919. The zero-order chi connectivity index (χ0) is 11.7. The average Bonchev–Trinajstić information content (AvgIpc) is 2.25. The monoisotopic (exact) mass is 215 g/mol. The van der Waals surface area contributed by atoms with Crippen molar-refractivity contribution in [3.8, 4) is 0 Å². The fourth-order valence-corrected chi connectivity index (χ4v) is 2.23. The Balaban J connectivity index is 2.73. The van der Waals surface area contributed by atoms with Gasteiger partial charge < -0.3 is 14.7 Å². The predicted molar refractivity (Wildman–Crippen MR) is 57.9 cm³/mol. The maximum absolute atomic E-state index is 10.9. The van der Waals surface area contributed by atoms with Crippen molar-refractivity contribution in [2.75, 3.05) is 20.1 Å². The Hall–Kier alpha value is -0.610. The molecule has 1 fully saturated rings. The Bertz CT molecular complexity index is 247. The third-order valence-corrected chi connectivity index (χ3v) is 2.50. The zero-order valence-electron chi connectivity index (χ0n) is 10.0. The zero-order valence-corrected chi connectivity index (χ0v) is 10.0. The number of aliphatic carboxylic acids is 1. The molecule has 1 aliphatic rings. The lowest BCUT2D eigenvalue weighted by Gasteiger charge is -2.35. The van der Waals surface area contributed by atoms with Crippen LogP contribution in [0.3, 0.4) is 0 Å². The molecule has 1 unspecified atom stereocenters. The summed E-state index contributed by atoms with van der Waals surface area (Å²) in [6, 6.07) is 0. The van der Waals surface area contributed by atoms with Gasteiger partial charge in [0.2, 0.25) is 0 Å². The molecule has 0 spiro atoms. The van der Waals surface area contributed by atoms with Gasteiger partial charge in [-0.25, -0.2) is 0 Å². The molecule has 0 aromatic carbocycles. The summed E-state index contributed by atoms with van der Waals surface area (Å²) < 4.78 is 5.94. The molecule has 4 nitrogen and oxygen atoms in total. The maximum atomic E-state index is 10.9. The summed E-state index contributed by atoms with van der Waals surface area (Å²) in [5.74, 6) is -0.783. The van der Waals surface area contributed by atoms with E-state index in [4.69, 9.17) is 9.84 Å². The van der Waals surface area contributed by atoms with Gasteiger partial charge in [0.1, 0.15) is 0 Å². The van der Waals surface area contributed by atoms with E-state index in [0.29, 0.717) is 6.54 Å². The molecule has 1 N–H and O–H groups in total. The largest absolute Gasteiger partial charge is 0.481 e. The molecule has 0 aromatic rings. The van der Waals surface area contributed by atoms with E-state index in [9.17, 15) is 4.79 Å². The Labute approximate surface area is 91.2 Å². The molecule has 4 heteroatoms. The van der Waals surface area contributed by atoms with Crippen LogP contribution in [0.1, 0.15) is 33.6 Å². The first-order chi connectivity index (χ1) is 6.72. The first-order valence-corrected chi connectivity index (χ1v) is 5.33. The number of rotatable bonds is 3. The normalized spacial score (nSPS) is 28.3. The molecule has 0 amide bonds. The second-order valence-corrected chi connectivity index (χ2v) is 5.46. The smallest absolute Gasteiger partial charge is 0.306 e. The summed E-state index contributed by atoms with van der Waals surface area (Å²) >= 11 is 0. The minimum Gasteiger partial charge on any atom is -0.481 e. The van der Waals surface area contributed by atoms with Crippen LogP contribution in [-0.4, -0.2) is 47.3 Å². The molecule has 0 aromatic heterocycles. The van der Waals surface area contributed by atoms with E-state index in [2.05, 4.69) is 4.90 Å². The molecule has 0 aliphatic carbocycles. The van der Waals surface area contributed by atoms with Crippen LogP contribution in [0, 0.1) is 0 Å². The second-order valence-electron chi connectivity index (χ2n) is 5.46. The number of hydrogen-bond donors (Lipinski definition) is 1. The molecule has 1 aliphatic heterocycles. The fraction of sp³-hybridized carbons (Fsp3) is 0.909. The van der Waals surface area contributed by atoms with Crippen LogP contribution in [0.25, 0.3) is 0 Å². The highest BCUT2D eigenvalue weighted by atomic mass is 16.5. The van der Waals surface area contributed by atoms with E-state index in [1.807, 2.05) is 27.8 Å². The minimum atomic E-state index is -0.783. The average molecular weight is 215 g/mol. The van der Waals surface area contributed by atoms with Crippen molar-refractivity contribution < 1.29 is 14.6 Å². The summed E-state index contributed by atoms with van der Waals surface area (Å²) in [6.07, 6.45) is 0.891. The summed E-state index contributed by atoms with van der Waals surface area (Å²) in [5, 5.41) is 8.92. The van der Waals surface area contributed by atoms with Crippen LogP contribution < -0.4 is 0 Å². The van der Waals surface area contributed by atoms with Gasteiger partial charge in [0, 0.05) is 13.1 Å². The van der Waals surface area contributed by atoms with E-state index in [1.54, 1.807) is 0 Å². The molecule has 1 atom stereocenters. The highest BCUT2D eigenvalue weighted by Crippen LogP contribution is 2.32. The third kappa shape index (κ3) is 3.80. The van der Waals surface area contributed by atoms with E-state index in [1.165, 1.54) is 0 Å². The lowest BCUT2D eigenvalue weighted by atomic mass is 9.97. The van der Waals surface area contributed by atoms with Crippen molar-refractivity contribution in [1.29, 1.82) is 0 Å². The number of carbonyl (C=O) groups is 1. The molecule has 1 rings (SSSR count). The lowest BCUT2D eigenvalue weighted by molar-refractivity contribution is -0.158. The summed E-state index contributed by atoms with van der Waals surface area (Å²) in [5.41, 5.74) is -0.792. The van der Waals surface area contributed by atoms with Crippen LogP contribution >= 0.6 is 0 Å². The van der Waals surface area contributed by atoms with E-state index in [-0.39, 0.29) is 12.0 Å². The highest BCUT2D eigenvalue weighted by molar-refractivity contribution is 5.68. The topological polar surface area (TPSA) is 49.8 Å². The van der Waals surface area contributed by atoms with Crippen molar-refractivity contribution in [3.63, 3.8) is 0 Å². The van der Waals surface area contributed by atoms with Crippen LogP contribution in [0.5, 0.6) is 0 Å². The van der Waals surface area contributed by atoms with Gasteiger partial charge in [-0.3, -0.25) is 4.79 Å². The number of likely N-dealkylation sites (tertiary alicyclic amines) is 1. The second kappa shape index (κ2) is 4.10. The van der Waals surface area contributed by atoms with Crippen LogP contribution in [-0.2, 0) is 9.53 Å². The number of hydrogen-bond acceptors (Lipinski definition) is 3. The van der Waals surface area contributed by atoms with Crippen LogP contribution in [0.15, 0.2) is 0 Å². The van der Waals surface area contributed by atoms with Crippen LogP contribution in [0.2, 0.25) is 0 Å².